The van der Waals surface area contributed by atoms with Crippen LogP contribution in [-0.2, 0) is 0 Å². The smallest absolute Gasteiger partial charge is 0.333 e. The van der Waals surface area contributed by atoms with Crippen molar-refractivity contribution in [2.24, 2.45) is 0 Å². The first-order valence-electron chi connectivity index (χ1n) is 8.75. The van der Waals surface area contributed by atoms with E-state index in [-0.39, 0.29) is 5.69 Å². The minimum atomic E-state index is -2.76. The summed E-state index contributed by atoms with van der Waals surface area (Å²) in [5.74, 6) is 0. The SMILES string of the molecule is OC(c1ccccc1)C(c1ccc(Br)cn1)n1cc(-c2ccnn2C(F)F)cn1. The lowest BCUT2D eigenvalue weighted by Crippen LogP contribution is -2.21. The Morgan fingerprint density at radius 2 is 1.76 bits per heavy atom. The number of hydrogen-bond donors (Lipinski definition) is 1. The molecule has 2 unspecified atom stereocenters. The predicted octanol–water partition coefficient (Wildman–Crippen LogP) is 4.62. The van der Waals surface area contributed by atoms with Crippen LogP contribution in [0.15, 0.2) is 77.8 Å². The van der Waals surface area contributed by atoms with Gasteiger partial charge in [-0.05, 0) is 39.7 Å². The third-order valence-electron chi connectivity index (χ3n) is 4.53. The van der Waals surface area contributed by atoms with Crippen LogP contribution in [0.4, 0.5) is 8.78 Å². The van der Waals surface area contributed by atoms with Crippen LogP contribution in [0.1, 0.15) is 30.0 Å². The van der Waals surface area contributed by atoms with Gasteiger partial charge in [0, 0.05) is 28.6 Å². The zero-order chi connectivity index (χ0) is 20.4. The lowest BCUT2D eigenvalue weighted by Gasteiger charge is -2.23. The van der Waals surface area contributed by atoms with Crippen molar-refractivity contribution in [2.75, 3.05) is 0 Å². The molecule has 1 N–H and O–H groups in total. The van der Waals surface area contributed by atoms with Crippen molar-refractivity contribution < 1.29 is 13.9 Å². The Labute approximate surface area is 173 Å². The molecule has 0 aliphatic carbocycles. The monoisotopic (exact) mass is 459 g/mol. The minimum Gasteiger partial charge on any atom is -0.386 e. The fourth-order valence-corrected chi connectivity index (χ4v) is 3.39. The maximum Gasteiger partial charge on any atom is 0.333 e. The van der Waals surface area contributed by atoms with Gasteiger partial charge in [0.1, 0.15) is 12.1 Å². The number of pyridine rings is 1. The van der Waals surface area contributed by atoms with Gasteiger partial charge in [-0.1, -0.05) is 30.3 Å². The van der Waals surface area contributed by atoms with E-state index >= 15 is 0 Å². The third kappa shape index (κ3) is 3.96. The third-order valence-corrected chi connectivity index (χ3v) is 5.00. The first-order valence-corrected chi connectivity index (χ1v) is 9.54. The molecule has 0 saturated heterocycles. The molecule has 3 aromatic heterocycles. The molecule has 6 nitrogen and oxygen atoms in total. The second kappa shape index (κ2) is 8.22. The standard InChI is InChI=1S/C20H16BrF2N5O/c21-15-6-7-16(24-11-15)18(19(29)13-4-2-1-3-5-13)27-12-14(10-26-27)17-8-9-25-28(17)20(22)23/h1-12,18-20,29H. The van der Waals surface area contributed by atoms with E-state index < -0.39 is 18.7 Å². The molecule has 9 heteroatoms. The zero-order valence-corrected chi connectivity index (χ0v) is 16.6. The molecular weight excluding hydrogens is 444 g/mol. The molecule has 148 valence electrons. The number of halogens is 3. The highest BCUT2D eigenvalue weighted by molar-refractivity contribution is 9.10. The Balaban J connectivity index is 1.77. The molecule has 0 fully saturated rings. The van der Waals surface area contributed by atoms with Crippen molar-refractivity contribution in [1.82, 2.24) is 24.5 Å². The van der Waals surface area contributed by atoms with E-state index in [1.54, 1.807) is 18.5 Å². The Hall–Kier alpha value is -2.91. The van der Waals surface area contributed by atoms with Crippen LogP contribution in [0.5, 0.6) is 0 Å². The quantitative estimate of drug-likeness (QED) is 0.456. The van der Waals surface area contributed by atoms with Gasteiger partial charge < -0.3 is 5.11 Å². The van der Waals surface area contributed by atoms with E-state index in [1.165, 1.54) is 23.1 Å². The first-order chi connectivity index (χ1) is 14.0. The van der Waals surface area contributed by atoms with Gasteiger partial charge in [0.25, 0.3) is 0 Å². The first kappa shape index (κ1) is 19.4. The summed E-state index contributed by atoms with van der Waals surface area (Å²) in [5, 5.41) is 19.1. The Morgan fingerprint density at radius 1 is 0.966 bits per heavy atom. The van der Waals surface area contributed by atoms with Crippen LogP contribution in [0.3, 0.4) is 0 Å². The molecule has 4 aromatic rings. The van der Waals surface area contributed by atoms with Crippen molar-refractivity contribution >= 4 is 15.9 Å². The second-order valence-electron chi connectivity index (χ2n) is 6.35. The van der Waals surface area contributed by atoms with E-state index in [4.69, 9.17) is 0 Å². The minimum absolute atomic E-state index is 0.239. The number of hydrogen-bond acceptors (Lipinski definition) is 4. The van der Waals surface area contributed by atoms with E-state index in [1.807, 2.05) is 36.4 Å². The predicted molar refractivity (Wildman–Crippen MR) is 106 cm³/mol. The molecule has 0 saturated carbocycles. The van der Waals surface area contributed by atoms with Gasteiger partial charge in [0.05, 0.1) is 17.6 Å². The molecule has 29 heavy (non-hydrogen) atoms. The van der Waals surface area contributed by atoms with Crippen LogP contribution in [0.25, 0.3) is 11.3 Å². The van der Waals surface area contributed by atoms with Crippen molar-refractivity contribution in [1.29, 1.82) is 0 Å². The average Bonchev–Trinajstić information content (AvgIpc) is 3.40. The second-order valence-corrected chi connectivity index (χ2v) is 7.27. The van der Waals surface area contributed by atoms with Gasteiger partial charge in [-0.3, -0.25) is 9.67 Å². The number of rotatable bonds is 6. The van der Waals surface area contributed by atoms with Gasteiger partial charge >= 0.3 is 6.55 Å². The van der Waals surface area contributed by atoms with E-state index in [2.05, 4.69) is 31.1 Å². The van der Waals surface area contributed by atoms with Gasteiger partial charge in [-0.25, -0.2) is 4.68 Å². The van der Waals surface area contributed by atoms with Crippen molar-refractivity contribution in [3.8, 4) is 11.3 Å². The molecule has 0 radical (unpaired) electrons. The molecular formula is C20H16BrF2N5O. The maximum absolute atomic E-state index is 13.2. The molecule has 1 aromatic carbocycles. The van der Waals surface area contributed by atoms with Crippen molar-refractivity contribution in [3.63, 3.8) is 0 Å². The number of aliphatic hydroxyl groups is 1. The summed E-state index contributed by atoms with van der Waals surface area (Å²) in [5.41, 5.74) is 1.98. The van der Waals surface area contributed by atoms with Crippen LogP contribution < -0.4 is 0 Å². The number of nitrogens with zero attached hydrogens (tertiary/aromatic N) is 5. The highest BCUT2D eigenvalue weighted by Gasteiger charge is 2.27. The summed E-state index contributed by atoms with van der Waals surface area (Å²) >= 11 is 3.36. The lowest BCUT2D eigenvalue weighted by atomic mass is 9.99. The summed E-state index contributed by atoms with van der Waals surface area (Å²) in [6.45, 7) is -2.76. The normalized spacial score (nSPS) is 13.6. The molecule has 4 rings (SSSR count). The Kier molecular flexibility index (Phi) is 5.50. The molecule has 0 amide bonds. The fraction of sp³-hybridized carbons (Fsp3) is 0.150. The molecule has 0 spiro atoms. The van der Waals surface area contributed by atoms with Crippen LogP contribution in [-0.4, -0.2) is 29.7 Å². The zero-order valence-electron chi connectivity index (χ0n) is 15.0. The molecule has 0 aliphatic rings. The summed E-state index contributed by atoms with van der Waals surface area (Å²) in [6.07, 6.45) is 5.08. The molecule has 0 bridgehead atoms. The summed E-state index contributed by atoms with van der Waals surface area (Å²) < 4.78 is 29.3. The summed E-state index contributed by atoms with van der Waals surface area (Å²) in [6, 6.07) is 13.6. The van der Waals surface area contributed by atoms with Crippen LogP contribution in [0.2, 0.25) is 0 Å². The van der Waals surface area contributed by atoms with Crippen molar-refractivity contribution in [3.05, 3.63) is 89.0 Å². The van der Waals surface area contributed by atoms with Gasteiger partial charge in [0.15, 0.2) is 0 Å². The Morgan fingerprint density at radius 3 is 2.45 bits per heavy atom. The highest BCUT2D eigenvalue weighted by Crippen LogP contribution is 2.33. The lowest BCUT2D eigenvalue weighted by molar-refractivity contribution is 0.0585. The Bertz CT molecular complexity index is 1080. The molecule has 3 heterocycles. The topological polar surface area (TPSA) is 68.8 Å². The average molecular weight is 460 g/mol. The molecule has 0 aliphatic heterocycles. The van der Waals surface area contributed by atoms with Gasteiger partial charge in [-0.15, -0.1) is 0 Å². The van der Waals surface area contributed by atoms with Gasteiger partial charge in [0.2, 0.25) is 0 Å². The summed E-state index contributed by atoms with van der Waals surface area (Å²) in [4.78, 5) is 4.41. The highest BCUT2D eigenvalue weighted by atomic mass is 79.9. The van der Waals surface area contributed by atoms with E-state index in [0.29, 0.717) is 21.5 Å². The number of benzene rings is 1. The van der Waals surface area contributed by atoms with Crippen LogP contribution in [0, 0.1) is 0 Å². The van der Waals surface area contributed by atoms with Crippen LogP contribution >= 0.6 is 15.9 Å². The van der Waals surface area contributed by atoms with E-state index in [0.717, 1.165) is 4.47 Å². The number of aromatic nitrogens is 5. The number of alkyl halides is 2. The fourth-order valence-electron chi connectivity index (χ4n) is 3.16. The van der Waals surface area contributed by atoms with Gasteiger partial charge in [-0.2, -0.15) is 19.0 Å². The molecule has 2 atom stereocenters. The summed E-state index contributed by atoms with van der Waals surface area (Å²) in [7, 11) is 0. The largest absolute Gasteiger partial charge is 0.386 e. The number of aliphatic hydroxyl groups excluding tert-OH is 1. The van der Waals surface area contributed by atoms with Crippen molar-refractivity contribution in [2.45, 2.75) is 18.7 Å². The van der Waals surface area contributed by atoms with E-state index in [9.17, 15) is 13.9 Å². The maximum atomic E-state index is 13.2.